The van der Waals surface area contributed by atoms with E-state index in [-0.39, 0.29) is 56.9 Å². The first-order valence-electron chi connectivity index (χ1n) is 2.07. The Bertz CT molecular complexity index is 234. The topological polar surface area (TPSA) is 31.2 Å². The van der Waals surface area contributed by atoms with Gasteiger partial charge >= 0.3 is 51.4 Å². The van der Waals surface area contributed by atoms with Gasteiger partial charge < -0.3 is 9.78 Å². The number of hydrogen-bond donors (Lipinski definition) is 0. The Labute approximate surface area is 100 Å². The fraction of sp³-hybridized carbons (Fsp3) is 0. The SMILES string of the molecule is O=c1cc(Cl)cc[n-]1.[K+]. The van der Waals surface area contributed by atoms with E-state index >= 15 is 0 Å². The molecule has 0 saturated carbocycles. The predicted molar refractivity (Wildman–Crippen MR) is 31.0 cm³/mol. The van der Waals surface area contributed by atoms with Crippen LogP contribution in [0.25, 0.3) is 0 Å². The third-order valence-electron chi connectivity index (χ3n) is 0.697. The van der Waals surface area contributed by atoms with Gasteiger partial charge in [0.2, 0.25) is 0 Å². The van der Waals surface area contributed by atoms with Crippen LogP contribution in [0.15, 0.2) is 23.1 Å². The maximum atomic E-state index is 10.3. The molecule has 0 saturated heterocycles. The smallest absolute Gasteiger partial charge is 0.629 e. The zero-order chi connectivity index (χ0) is 5.98. The summed E-state index contributed by atoms with van der Waals surface area (Å²) in [4.78, 5) is 13.7. The van der Waals surface area contributed by atoms with E-state index in [1.807, 2.05) is 0 Å². The fourth-order valence-electron chi connectivity index (χ4n) is 0.385. The van der Waals surface area contributed by atoms with E-state index in [0.717, 1.165) is 0 Å². The Kier molecular flexibility index (Phi) is 5.11. The third-order valence-corrected chi connectivity index (χ3v) is 0.932. The molecule has 1 aromatic rings. The van der Waals surface area contributed by atoms with Gasteiger partial charge in [0.1, 0.15) is 0 Å². The Hall–Kier alpha value is 0.876. The molecule has 0 aliphatic carbocycles. The summed E-state index contributed by atoms with van der Waals surface area (Å²) in [6.07, 6.45) is 1.38. The van der Waals surface area contributed by atoms with Crippen molar-refractivity contribution in [1.29, 1.82) is 0 Å². The van der Waals surface area contributed by atoms with Gasteiger partial charge in [0, 0.05) is 5.02 Å². The molecule has 0 fully saturated rings. The summed E-state index contributed by atoms with van der Waals surface area (Å²) >= 11 is 5.40. The van der Waals surface area contributed by atoms with Crippen LogP contribution < -0.4 is 61.9 Å². The second kappa shape index (κ2) is 4.65. The number of aromatic nitrogens is 1. The molecule has 1 rings (SSSR count). The summed E-state index contributed by atoms with van der Waals surface area (Å²) in [6.45, 7) is 0. The van der Waals surface area contributed by atoms with Gasteiger partial charge in [-0.3, -0.25) is 0 Å². The van der Waals surface area contributed by atoms with Crippen molar-refractivity contribution in [3.05, 3.63) is 33.7 Å². The average Bonchev–Trinajstić information content (AvgIpc) is 1.64. The molecule has 0 amide bonds. The molecule has 0 aromatic carbocycles. The largest absolute Gasteiger partial charge is 1.00 e. The summed E-state index contributed by atoms with van der Waals surface area (Å²) in [5, 5.41) is 0.435. The molecule has 0 radical (unpaired) electrons. The molecular weight excluding hydrogens is 165 g/mol. The summed E-state index contributed by atoms with van der Waals surface area (Å²) in [5.74, 6) is 0. The van der Waals surface area contributed by atoms with Gasteiger partial charge in [0.25, 0.3) is 0 Å². The normalized spacial score (nSPS) is 8.11. The summed E-state index contributed by atoms with van der Waals surface area (Å²) < 4.78 is 0. The molecular formula is C5H3ClKNO. The molecule has 0 spiro atoms. The number of nitrogens with zero attached hydrogens (tertiary/aromatic N) is 1. The van der Waals surface area contributed by atoms with Gasteiger partial charge in [0.15, 0.2) is 0 Å². The average molecular weight is 168 g/mol. The molecule has 0 N–H and O–H groups in total. The number of rotatable bonds is 0. The Morgan fingerprint density at radius 3 is 2.56 bits per heavy atom. The molecule has 0 bridgehead atoms. The quantitative estimate of drug-likeness (QED) is 0.406. The van der Waals surface area contributed by atoms with Gasteiger partial charge in [-0.25, -0.2) is 0 Å². The van der Waals surface area contributed by atoms with Crippen molar-refractivity contribution in [2.24, 2.45) is 0 Å². The second-order valence-corrected chi connectivity index (χ2v) is 1.75. The van der Waals surface area contributed by atoms with E-state index in [1.165, 1.54) is 12.3 Å². The number of pyridine rings is 1. The van der Waals surface area contributed by atoms with E-state index in [9.17, 15) is 4.79 Å². The van der Waals surface area contributed by atoms with E-state index < -0.39 is 0 Å². The monoisotopic (exact) mass is 167 g/mol. The minimum atomic E-state index is -0.294. The molecule has 42 valence electrons. The van der Waals surface area contributed by atoms with Crippen molar-refractivity contribution >= 4 is 11.6 Å². The van der Waals surface area contributed by atoms with Crippen LogP contribution in [-0.4, -0.2) is 0 Å². The summed E-state index contributed by atoms with van der Waals surface area (Å²) in [5.41, 5.74) is -0.294. The molecule has 0 atom stereocenters. The molecule has 4 heteroatoms. The van der Waals surface area contributed by atoms with Crippen molar-refractivity contribution in [3.8, 4) is 0 Å². The van der Waals surface area contributed by atoms with E-state index in [2.05, 4.69) is 4.98 Å². The Balaban J connectivity index is 0.000000640. The third kappa shape index (κ3) is 3.55. The maximum Gasteiger partial charge on any atom is 1.00 e. The van der Waals surface area contributed by atoms with Crippen LogP contribution in [0.3, 0.4) is 0 Å². The van der Waals surface area contributed by atoms with Crippen LogP contribution in [0.5, 0.6) is 0 Å². The zero-order valence-electron chi connectivity index (χ0n) is 4.97. The summed E-state index contributed by atoms with van der Waals surface area (Å²) in [7, 11) is 0. The molecule has 9 heavy (non-hydrogen) atoms. The first kappa shape index (κ1) is 9.88. The van der Waals surface area contributed by atoms with Gasteiger partial charge in [-0.1, -0.05) is 17.7 Å². The van der Waals surface area contributed by atoms with Gasteiger partial charge in [-0.15, -0.1) is 0 Å². The van der Waals surface area contributed by atoms with E-state index in [1.54, 1.807) is 6.07 Å². The van der Waals surface area contributed by atoms with Crippen molar-refractivity contribution in [2.45, 2.75) is 0 Å². The maximum absolute atomic E-state index is 10.3. The van der Waals surface area contributed by atoms with Crippen LogP contribution >= 0.6 is 11.6 Å². The van der Waals surface area contributed by atoms with Crippen LogP contribution in [0.4, 0.5) is 0 Å². The minimum absolute atomic E-state index is 0. The van der Waals surface area contributed by atoms with Crippen LogP contribution in [0, 0.1) is 0 Å². The Morgan fingerprint density at radius 1 is 1.56 bits per heavy atom. The standard InChI is InChI=1S/C5H4ClNO.K/c6-4-1-2-7-5(8)3-4;/h1-3H,(H,7,8);/q;+1/p-1. The van der Waals surface area contributed by atoms with Crippen molar-refractivity contribution in [1.82, 2.24) is 4.98 Å². The number of halogens is 1. The number of hydrogen-bond acceptors (Lipinski definition) is 1. The molecule has 1 aromatic heterocycles. The fourth-order valence-corrected chi connectivity index (χ4v) is 0.535. The van der Waals surface area contributed by atoms with E-state index in [4.69, 9.17) is 11.6 Å². The molecule has 1 heterocycles. The second-order valence-electron chi connectivity index (χ2n) is 1.31. The molecule has 0 aliphatic heterocycles. The molecule has 2 nitrogen and oxygen atoms in total. The van der Waals surface area contributed by atoms with Crippen molar-refractivity contribution in [3.63, 3.8) is 0 Å². The summed E-state index contributed by atoms with van der Waals surface area (Å²) in [6, 6.07) is 2.82. The molecule has 0 aliphatic rings. The zero-order valence-corrected chi connectivity index (χ0v) is 8.84. The molecule has 0 unspecified atom stereocenters. The van der Waals surface area contributed by atoms with Gasteiger partial charge in [0.05, 0.1) is 5.56 Å². The minimum Gasteiger partial charge on any atom is -0.629 e. The predicted octanol–water partition coefficient (Wildman–Crippen LogP) is -2.34. The van der Waals surface area contributed by atoms with Crippen LogP contribution in [0.2, 0.25) is 5.02 Å². The first-order chi connectivity index (χ1) is 3.79. The Morgan fingerprint density at radius 2 is 2.22 bits per heavy atom. The van der Waals surface area contributed by atoms with E-state index in [0.29, 0.717) is 5.02 Å². The van der Waals surface area contributed by atoms with Crippen LogP contribution in [0.1, 0.15) is 0 Å². The van der Waals surface area contributed by atoms with Gasteiger partial charge in [-0.2, -0.15) is 6.20 Å². The van der Waals surface area contributed by atoms with Crippen LogP contribution in [-0.2, 0) is 0 Å². The van der Waals surface area contributed by atoms with Crippen molar-refractivity contribution < 1.29 is 51.4 Å². The first-order valence-corrected chi connectivity index (χ1v) is 2.45. The van der Waals surface area contributed by atoms with Gasteiger partial charge in [-0.05, 0) is 6.07 Å². The van der Waals surface area contributed by atoms with Crippen molar-refractivity contribution in [2.75, 3.05) is 0 Å².